The number of rotatable bonds is 5. The third-order valence-corrected chi connectivity index (χ3v) is 3.14. The molecule has 0 bridgehead atoms. The highest BCUT2D eigenvalue weighted by atomic mass is 79.9. The van der Waals surface area contributed by atoms with Crippen LogP contribution >= 0.6 is 15.9 Å². The van der Waals surface area contributed by atoms with Crippen LogP contribution in [0.4, 0.5) is 0 Å². The molecule has 0 fully saturated rings. The van der Waals surface area contributed by atoms with Crippen LogP contribution in [0.1, 0.15) is 17.3 Å². The molecule has 0 aliphatic heterocycles. The first kappa shape index (κ1) is 14.8. The van der Waals surface area contributed by atoms with E-state index in [0.717, 1.165) is 0 Å². The van der Waals surface area contributed by atoms with Gasteiger partial charge < -0.3 is 19.9 Å². The van der Waals surface area contributed by atoms with Crippen LogP contribution in [0.3, 0.4) is 0 Å². The van der Waals surface area contributed by atoms with Gasteiger partial charge in [-0.25, -0.2) is 0 Å². The minimum absolute atomic E-state index is 0.115. The molecule has 6 heteroatoms. The van der Waals surface area contributed by atoms with Crippen molar-refractivity contribution in [1.82, 2.24) is 5.32 Å². The van der Waals surface area contributed by atoms with Gasteiger partial charge in [-0.15, -0.1) is 0 Å². The van der Waals surface area contributed by atoms with Gasteiger partial charge >= 0.3 is 0 Å². The molecule has 18 heavy (non-hydrogen) atoms. The van der Waals surface area contributed by atoms with Gasteiger partial charge in [-0.05, 0) is 35.0 Å². The van der Waals surface area contributed by atoms with Crippen LogP contribution in [0, 0.1) is 0 Å². The average Bonchev–Trinajstić information content (AvgIpc) is 2.38. The Bertz CT molecular complexity index is 411. The van der Waals surface area contributed by atoms with Crippen LogP contribution in [0.5, 0.6) is 11.5 Å². The van der Waals surface area contributed by atoms with E-state index in [2.05, 4.69) is 21.2 Å². The van der Waals surface area contributed by atoms with Crippen molar-refractivity contribution in [3.05, 3.63) is 22.2 Å². The van der Waals surface area contributed by atoms with Gasteiger partial charge in [0.2, 0.25) is 0 Å². The molecule has 0 heterocycles. The Morgan fingerprint density at radius 2 is 1.89 bits per heavy atom. The van der Waals surface area contributed by atoms with Gasteiger partial charge in [0, 0.05) is 11.6 Å². The van der Waals surface area contributed by atoms with Crippen molar-refractivity contribution in [2.24, 2.45) is 0 Å². The summed E-state index contributed by atoms with van der Waals surface area (Å²) in [4.78, 5) is 11.9. The van der Waals surface area contributed by atoms with Gasteiger partial charge in [-0.2, -0.15) is 0 Å². The third-order valence-electron chi connectivity index (χ3n) is 2.36. The highest BCUT2D eigenvalue weighted by Crippen LogP contribution is 2.35. The van der Waals surface area contributed by atoms with Gasteiger partial charge in [0.1, 0.15) is 16.0 Å². The van der Waals surface area contributed by atoms with E-state index in [1.807, 2.05) is 0 Å². The fourth-order valence-electron chi connectivity index (χ4n) is 1.35. The SMILES string of the molecule is COc1cc(C(=O)NC(C)CO)cc(OC)c1Br. The lowest BCUT2D eigenvalue weighted by atomic mass is 10.1. The van der Waals surface area contributed by atoms with Gasteiger partial charge in [0.25, 0.3) is 5.91 Å². The van der Waals surface area contributed by atoms with E-state index in [0.29, 0.717) is 21.5 Å². The molecule has 1 amide bonds. The minimum Gasteiger partial charge on any atom is -0.495 e. The second kappa shape index (κ2) is 6.61. The summed E-state index contributed by atoms with van der Waals surface area (Å²) in [6.45, 7) is 1.60. The Hall–Kier alpha value is -1.27. The Kier molecular flexibility index (Phi) is 5.43. The van der Waals surface area contributed by atoms with E-state index in [4.69, 9.17) is 14.6 Å². The molecule has 0 saturated heterocycles. The molecule has 0 spiro atoms. The van der Waals surface area contributed by atoms with Crippen LogP contribution in [0.15, 0.2) is 16.6 Å². The molecule has 1 atom stereocenters. The number of aliphatic hydroxyl groups excluding tert-OH is 1. The van der Waals surface area contributed by atoms with E-state index in [1.54, 1.807) is 19.1 Å². The number of halogens is 1. The zero-order valence-electron chi connectivity index (χ0n) is 10.5. The standard InChI is InChI=1S/C12H16BrNO4/c1-7(6-15)14-12(16)8-4-9(17-2)11(13)10(5-8)18-3/h4-5,7,15H,6H2,1-3H3,(H,14,16). The molecule has 0 aliphatic rings. The third kappa shape index (κ3) is 3.36. The molecule has 1 aromatic carbocycles. The van der Waals surface area contributed by atoms with Gasteiger partial charge in [0.05, 0.1) is 20.8 Å². The van der Waals surface area contributed by atoms with Gasteiger partial charge in [-0.1, -0.05) is 0 Å². The lowest BCUT2D eigenvalue weighted by molar-refractivity contribution is 0.0921. The summed E-state index contributed by atoms with van der Waals surface area (Å²) in [7, 11) is 3.02. The second-order valence-electron chi connectivity index (χ2n) is 3.75. The maximum absolute atomic E-state index is 11.9. The number of hydrogen-bond acceptors (Lipinski definition) is 4. The number of amides is 1. The largest absolute Gasteiger partial charge is 0.495 e. The van der Waals surface area contributed by atoms with Crippen molar-refractivity contribution in [3.63, 3.8) is 0 Å². The normalized spacial score (nSPS) is 11.8. The van der Waals surface area contributed by atoms with Crippen molar-refractivity contribution in [2.75, 3.05) is 20.8 Å². The molecule has 1 aromatic rings. The zero-order chi connectivity index (χ0) is 13.7. The predicted octanol–water partition coefficient (Wildman–Crippen LogP) is 1.58. The van der Waals surface area contributed by atoms with Crippen molar-refractivity contribution < 1.29 is 19.4 Å². The van der Waals surface area contributed by atoms with Crippen LogP contribution in [-0.4, -0.2) is 37.9 Å². The molecule has 100 valence electrons. The maximum Gasteiger partial charge on any atom is 0.251 e. The predicted molar refractivity (Wildman–Crippen MR) is 71.3 cm³/mol. The summed E-state index contributed by atoms with van der Waals surface area (Å²) in [5.41, 5.74) is 0.409. The summed E-state index contributed by atoms with van der Waals surface area (Å²) >= 11 is 3.33. The number of nitrogens with one attached hydrogen (secondary N) is 1. The summed E-state index contributed by atoms with van der Waals surface area (Å²) in [5.74, 6) is 0.730. The van der Waals surface area contributed by atoms with E-state index < -0.39 is 0 Å². The molecule has 0 radical (unpaired) electrons. The molecule has 1 unspecified atom stereocenters. The summed E-state index contributed by atoms with van der Waals surface area (Å²) in [6, 6.07) is 2.90. The van der Waals surface area contributed by atoms with Gasteiger partial charge in [-0.3, -0.25) is 4.79 Å². The summed E-state index contributed by atoms with van der Waals surface area (Å²) in [6.07, 6.45) is 0. The van der Waals surface area contributed by atoms with Crippen LogP contribution in [-0.2, 0) is 0 Å². The molecule has 5 nitrogen and oxygen atoms in total. The number of ether oxygens (including phenoxy) is 2. The van der Waals surface area contributed by atoms with Gasteiger partial charge in [0.15, 0.2) is 0 Å². The molecule has 1 rings (SSSR count). The van der Waals surface area contributed by atoms with Crippen molar-refractivity contribution >= 4 is 21.8 Å². The first-order chi connectivity index (χ1) is 8.53. The molecule has 0 aliphatic carbocycles. The molecule has 0 saturated carbocycles. The van der Waals surface area contributed by atoms with E-state index in [9.17, 15) is 4.79 Å². The molecular formula is C12H16BrNO4. The summed E-state index contributed by atoms with van der Waals surface area (Å²) < 4.78 is 11.0. The molecular weight excluding hydrogens is 302 g/mol. The highest BCUT2D eigenvalue weighted by molar-refractivity contribution is 9.10. The van der Waals surface area contributed by atoms with Crippen molar-refractivity contribution in [1.29, 1.82) is 0 Å². The number of hydrogen-bond donors (Lipinski definition) is 2. The van der Waals surface area contributed by atoms with Crippen molar-refractivity contribution in [3.8, 4) is 11.5 Å². The summed E-state index contributed by atoms with van der Waals surface area (Å²) in [5, 5.41) is 11.6. The quantitative estimate of drug-likeness (QED) is 0.865. The Balaban J connectivity index is 3.05. The zero-order valence-corrected chi connectivity index (χ0v) is 12.1. The molecule has 0 aromatic heterocycles. The smallest absolute Gasteiger partial charge is 0.251 e. The minimum atomic E-state index is -0.307. The number of carbonyl (C=O) groups excluding carboxylic acids is 1. The number of aliphatic hydroxyl groups is 1. The van der Waals surface area contributed by atoms with Crippen molar-refractivity contribution in [2.45, 2.75) is 13.0 Å². The van der Waals surface area contributed by atoms with Crippen LogP contribution in [0.2, 0.25) is 0 Å². The fraction of sp³-hybridized carbons (Fsp3) is 0.417. The Morgan fingerprint density at radius 3 is 2.28 bits per heavy atom. The maximum atomic E-state index is 11.9. The average molecular weight is 318 g/mol. The second-order valence-corrected chi connectivity index (χ2v) is 4.54. The Morgan fingerprint density at radius 1 is 1.39 bits per heavy atom. The highest BCUT2D eigenvalue weighted by Gasteiger charge is 2.15. The monoisotopic (exact) mass is 317 g/mol. The van der Waals surface area contributed by atoms with E-state index in [1.165, 1.54) is 14.2 Å². The number of carbonyl (C=O) groups is 1. The number of benzene rings is 1. The first-order valence-corrected chi connectivity index (χ1v) is 6.16. The first-order valence-electron chi connectivity index (χ1n) is 5.36. The Labute approximate surface area is 114 Å². The van der Waals surface area contributed by atoms with Crippen LogP contribution < -0.4 is 14.8 Å². The van der Waals surface area contributed by atoms with Crippen LogP contribution in [0.25, 0.3) is 0 Å². The van der Waals surface area contributed by atoms with E-state index >= 15 is 0 Å². The fourth-order valence-corrected chi connectivity index (χ4v) is 1.91. The topological polar surface area (TPSA) is 67.8 Å². The lowest BCUT2D eigenvalue weighted by Crippen LogP contribution is -2.35. The number of methoxy groups -OCH3 is 2. The molecule has 2 N–H and O–H groups in total. The lowest BCUT2D eigenvalue weighted by Gasteiger charge is -2.14. The van der Waals surface area contributed by atoms with E-state index in [-0.39, 0.29) is 18.6 Å².